The molecule has 3 aromatic rings. The van der Waals surface area contributed by atoms with E-state index in [2.05, 4.69) is 35.4 Å². The molecule has 0 fully saturated rings. The molecule has 0 amide bonds. The van der Waals surface area contributed by atoms with Gasteiger partial charge in [0.15, 0.2) is 0 Å². The molecule has 0 saturated carbocycles. The third-order valence-electron chi connectivity index (χ3n) is 5.41. The molecule has 0 atom stereocenters. The molecule has 0 aliphatic rings. The zero-order chi connectivity index (χ0) is 21.5. The Morgan fingerprint density at radius 1 is 1.13 bits per heavy atom. The number of hydrogen-bond donors (Lipinski definition) is 0. The maximum absolute atomic E-state index is 12.3. The second-order valence-corrected chi connectivity index (χ2v) is 7.82. The highest BCUT2D eigenvalue weighted by atomic mass is 32.2. The Balaban J connectivity index is 1.90. The Hall–Kier alpha value is -2.45. The van der Waals surface area contributed by atoms with Crippen LogP contribution in [0.3, 0.4) is 0 Å². The highest BCUT2D eigenvalue weighted by Crippen LogP contribution is 2.24. The number of imidazole rings is 1. The van der Waals surface area contributed by atoms with Gasteiger partial charge in [-0.3, -0.25) is 10.1 Å². The Kier molecular flexibility index (Phi) is 7.81. The van der Waals surface area contributed by atoms with Gasteiger partial charge in [-0.2, -0.15) is 3.89 Å². The lowest BCUT2D eigenvalue weighted by Gasteiger charge is -2.19. The van der Waals surface area contributed by atoms with Crippen molar-refractivity contribution < 1.29 is 8.81 Å². The fourth-order valence-electron chi connectivity index (χ4n) is 3.61. The third kappa shape index (κ3) is 5.37. The number of fused-ring (bicyclic) bond motifs is 1. The Bertz CT molecular complexity index is 987. The molecule has 0 aliphatic carbocycles. The number of rotatable bonds is 11. The molecule has 6 nitrogen and oxygen atoms in total. The van der Waals surface area contributed by atoms with E-state index in [-0.39, 0.29) is 10.6 Å². The molecule has 8 heteroatoms. The number of nitrogens with zero attached hydrogens (tertiary/aromatic N) is 4. The maximum Gasteiger partial charge on any atom is 0.271 e. The highest BCUT2D eigenvalue weighted by molar-refractivity contribution is 7.94. The number of hydrogen-bond acceptors (Lipinski definition) is 5. The second-order valence-electron chi connectivity index (χ2n) is 7.19. The summed E-state index contributed by atoms with van der Waals surface area (Å²) in [4.78, 5) is 17.9. The Labute approximate surface area is 180 Å². The van der Waals surface area contributed by atoms with E-state index in [0.717, 1.165) is 48.6 Å². The first kappa shape index (κ1) is 22.2. The summed E-state index contributed by atoms with van der Waals surface area (Å²) in [6.07, 6.45) is 1.34. The van der Waals surface area contributed by atoms with Gasteiger partial charge in [0.1, 0.15) is 5.82 Å². The quantitative estimate of drug-likeness (QED) is 0.315. The van der Waals surface area contributed by atoms with Crippen LogP contribution in [0, 0.1) is 10.1 Å². The van der Waals surface area contributed by atoms with E-state index in [0.29, 0.717) is 36.3 Å². The van der Waals surface area contributed by atoms with Crippen LogP contribution < -0.4 is 0 Å². The monoisotopic (exact) mass is 430 g/mol. The van der Waals surface area contributed by atoms with Crippen molar-refractivity contribution in [2.45, 2.75) is 33.2 Å². The summed E-state index contributed by atoms with van der Waals surface area (Å²) in [7, 11) is 0. The molecule has 1 heterocycles. The van der Waals surface area contributed by atoms with Gasteiger partial charge in [0.2, 0.25) is 0 Å². The van der Waals surface area contributed by atoms with Crippen LogP contribution in [0.4, 0.5) is 9.57 Å². The van der Waals surface area contributed by atoms with Gasteiger partial charge in [-0.25, -0.2) is 4.98 Å². The molecule has 1 aromatic heterocycles. The minimum Gasteiger partial charge on any atom is -0.326 e. The molecule has 0 spiro atoms. The van der Waals surface area contributed by atoms with Gasteiger partial charge in [-0.1, -0.05) is 38.1 Å². The normalized spacial score (nSPS) is 11.5. The molecule has 30 heavy (non-hydrogen) atoms. The minimum absolute atomic E-state index is 0.0533. The number of non-ortho nitro benzene ring substituents is 1. The van der Waals surface area contributed by atoms with Gasteiger partial charge in [-0.15, -0.1) is 0 Å². The number of halogens is 1. The predicted octanol–water partition coefficient (Wildman–Crippen LogP) is 5.04. The number of benzene rings is 2. The first-order valence-corrected chi connectivity index (χ1v) is 11.1. The van der Waals surface area contributed by atoms with Crippen LogP contribution in [0.5, 0.6) is 0 Å². The maximum atomic E-state index is 12.3. The van der Waals surface area contributed by atoms with Gasteiger partial charge in [0.05, 0.1) is 16.0 Å². The topological polar surface area (TPSA) is 64.2 Å². The van der Waals surface area contributed by atoms with Crippen LogP contribution in [0.2, 0.25) is 0 Å². The summed E-state index contributed by atoms with van der Waals surface area (Å²) in [5, 5.41) is 11.2. The van der Waals surface area contributed by atoms with Crippen LogP contribution >= 0.6 is 12.1 Å². The molecule has 2 aromatic carbocycles. The molecule has 160 valence electrons. The molecular formula is C22H27FN4O2S. The predicted molar refractivity (Wildman–Crippen MR) is 121 cm³/mol. The van der Waals surface area contributed by atoms with Crippen LogP contribution in [0.25, 0.3) is 11.0 Å². The third-order valence-corrected chi connectivity index (χ3v) is 5.77. The van der Waals surface area contributed by atoms with E-state index < -0.39 is 0 Å². The van der Waals surface area contributed by atoms with E-state index in [1.54, 1.807) is 18.2 Å². The smallest absolute Gasteiger partial charge is 0.271 e. The Morgan fingerprint density at radius 3 is 2.47 bits per heavy atom. The number of nitro benzene ring substituents is 1. The van der Waals surface area contributed by atoms with E-state index >= 15 is 0 Å². The van der Waals surface area contributed by atoms with E-state index in [1.807, 2.05) is 12.1 Å². The molecule has 0 unspecified atom stereocenters. The van der Waals surface area contributed by atoms with Gasteiger partial charge in [-0.05, 0) is 36.7 Å². The average molecular weight is 431 g/mol. The van der Waals surface area contributed by atoms with Crippen molar-refractivity contribution in [2.75, 3.05) is 25.4 Å². The summed E-state index contributed by atoms with van der Waals surface area (Å²) in [6.45, 7) is 7.90. The van der Waals surface area contributed by atoms with Gasteiger partial charge < -0.3 is 9.47 Å². The average Bonchev–Trinajstić information content (AvgIpc) is 3.10. The van der Waals surface area contributed by atoms with Crippen molar-refractivity contribution in [3.63, 3.8) is 0 Å². The SMILES string of the molecule is CCN(CC)CCn1c(Cc2ccc(CCSF)cc2)nc2cc([N+](=O)[O-])ccc21. The summed E-state index contributed by atoms with van der Waals surface area (Å²) in [6, 6.07) is 13.0. The van der Waals surface area contributed by atoms with Crippen molar-refractivity contribution in [3.05, 3.63) is 69.5 Å². The number of nitro groups is 1. The Morgan fingerprint density at radius 2 is 1.83 bits per heavy atom. The molecule has 0 N–H and O–H groups in total. The zero-order valence-corrected chi connectivity index (χ0v) is 18.2. The van der Waals surface area contributed by atoms with Gasteiger partial charge in [0, 0.05) is 49.5 Å². The fraction of sp³-hybridized carbons (Fsp3) is 0.409. The summed E-state index contributed by atoms with van der Waals surface area (Å²) >= 11 is 0.357. The van der Waals surface area contributed by atoms with Gasteiger partial charge in [0.25, 0.3) is 5.69 Å². The lowest BCUT2D eigenvalue weighted by molar-refractivity contribution is -0.384. The van der Waals surface area contributed by atoms with Crippen LogP contribution in [0.15, 0.2) is 42.5 Å². The number of likely N-dealkylation sites (N-methyl/N-ethyl adjacent to an activating group) is 1. The van der Waals surface area contributed by atoms with E-state index in [9.17, 15) is 14.0 Å². The van der Waals surface area contributed by atoms with Crippen LogP contribution in [-0.2, 0) is 19.4 Å². The van der Waals surface area contributed by atoms with Crippen LogP contribution in [0.1, 0.15) is 30.8 Å². The van der Waals surface area contributed by atoms with Crippen LogP contribution in [-0.4, -0.2) is 44.8 Å². The standard InChI is InChI=1S/C22H27FN4O2S/c1-3-25(4-2)12-13-26-21-10-9-19(27(28)29)16-20(21)24-22(26)15-18-7-5-17(6-8-18)11-14-30-23/h5-10,16H,3-4,11-15H2,1-2H3. The first-order chi connectivity index (χ1) is 14.5. The number of aryl methyl sites for hydroxylation is 1. The van der Waals surface area contributed by atoms with E-state index in [4.69, 9.17) is 4.98 Å². The largest absolute Gasteiger partial charge is 0.326 e. The van der Waals surface area contributed by atoms with Crippen molar-refractivity contribution in [2.24, 2.45) is 0 Å². The van der Waals surface area contributed by atoms with Crippen molar-refractivity contribution in [1.29, 1.82) is 0 Å². The number of aromatic nitrogens is 2. The molecule has 0 radical (unpaired) electrons. The van der Waals surface area contributed by atoms with Crippen molar-refractivity contribution >= 4 is 28.9 Å². The summed E-state index contributed by atoms with van der Waals surface area (Å²) in [5.74, 6) is 1.35. The van der Waals surface area contributed by atoms with Crippen molar-refractivity contribution in [1.82, 2.24) is 14.5 Å². The molecule has 0 saturated heterocycles. The fourth-order valence-corrected chi connectivity index (χ4v) is 3.92. The molecule has 3 rings (SSSR count). The summed E-state index contributed by atoms with van der Waals surface area (Å²) in [5.41, 5.74) is 3.84. The van der Waals surface area contributed by atoms with Gasteiger partial charge >= 0.3 is 0 Å². The second kappa shape index (κ2) is 10.5. The van der Waals surface area contributed by atoms with Crippen molar-refractivity contribution in [3.8, 4) is 0 Å². The lowest BCUT2D eigenvalue weighted by atomic mass is 10.1. The first-order valence-electron chi connectivity index (χ1n) is 10.2. The minimum atomic E-state index is -0.386. The molecular weight excluding hydrogens is 403 g/mol. The van der Waals surface area contributed by atoms with E-state index in [1.165, 1.54) is 0 Å². The lowest BCUT2D eigenvalue weighted by Crippen LogP contribution is -2.27. The zero-order valence-electron chi connectivity index (χ0n) is 17.4. The summed E-state index contributed by atoms with van der Waals surface area (Å²) < 4.78 is 14.5. The molecule has 0 aliphatic heterocycles. The highest BCUT2D eigenvalue weighted by Gasteiger charge is 2.15. The molecule has 0 bridgehead atoms.